The van der Waals surface area contributed by atoms with Gasteiger partial charge in [-0.15, -0.1) is 0 Å². The van der Waals surface area contributed by atoms with Crippen LogP contribution in [0.5, 0.6) is 17.2 Å². The van der Waals surface area contributed by atoms with Crippen molar-refractivity contribution in [3.05, 3.63) is 16.7 Å². The Kier molecular flexibility index (Phi) is 3.59. The summed E-state index contributed by atoms with van der Waals surface area (Å²) in [6, 6.07) is 1.75. The van der Waals surface area contributed by atoms with Gasteiger partial charge >= 0.3 is 0 Å². The zero-order valence-corrected chi connectivity index (χ0v) is 11.6. The maximum absolute atomic E-state index is 6.34. The summed E-state index contributed by atoms with van der Waals surface area (Å²) < 4.78 is 16.5. The lowest BCUT2D eigenvalue weighted by Gasteiger charge is -2.26. The highest BCUT2D eigenvalue weighted by Crippen LogP contribution is 2.44. The number of rotatable bonds is 3. The van der Waals surface area contributed by atoms with Gasteiger partial charge in [0.05, 0.1) is 12.1 Å². The smallest absolute Gasteiger partial charge is 0.166 e. The van der Waals surface area contributed by atoms with Crippen LogP contribution in [0.1, 0.15) is 19.4 Å². The van der Waals surface area contributed by atoms with Gasteiger partial charge in [0.2, 0.25) is 0 Å². The molecule has 0 spiro atoms. The molecule has 0 unspecified atom stereocenters. The molecule has 1 aromatic carbocycles. The number of hydrogen-bond donors (Lipinski definition) is 1. The quantitative estimate of drug-likeness (QED) is 0.917. The summed E-state index contributed by atoms with van der Waals surface area (Å²) in [5.74, 6) is 1.94. The number of methoxy groups -OCH3 is 1. The molecule has 0 aromatic heterocycles. The molecule has 0 amide bonds. The summed E-state index contributed by atoms with van der Waals surface area (Å²) in [5.41, 5.74) is 6.53. The third kappa shape index (κ3) is 2.65. The van der Waals surface area contributed by atoms with Gasteiger partial charge in [0.1, 0.15) is 19.0 Å². The largest absolute Gasteiger partial charge is 0.495 e. The van der Waals surface area contributed by atoms with E-state index in [4.69, 9.17) is 31.5 Å². The van der Waals surface area contributed by atoms with E-state index in [0.717, 1.165) is 5.56 Å². The van der Waals surface area contributed by atoms with Crippen molar-refractivity contribution >= 4 is 11.6 Å². The SMILES string of the molecule is COc1cc2c(c(CC(C)(C)N)c1Cl)OCCO2. The molecule has 0 saturated heterocycles. The molecule has 2 N–H and O–H groups in total. The van der Waals surface area contributed by atoms with Crippen LogP contribution in [0, 0.1) is 0 Å². The zero-order chi connectivity index (χ0) is 13.3. The second-order valence-electron chi connectivity index (χ2n) is 5.06. The van der Waals surface area contributed by atoms with E-state index in [1.165, 1.54) is 0 Å². The first-order chi connectivity index (χ1) is 8.42. The summed E-state index contributed by atoms with van der Waals surface area (Å²) in [6.07, 6.45) is 0.592. The number of hydrogen-bond acceptors (Lipinski definition) is 4. The van der Waals surface area contributed by atoms with Crippen molar-refractivity contribution in [3.8, 4) is 17.2 Å². The van der Waals surface area contributed by atoms with Crippen molar-refractivity contribution in [3.63, 3.8) is 0 Å². The molecule has 0 saturated carbocycles. The minimum atomic E-state index is -0.384. The Bertz CT molecular complexity index is 455. The molecular weight excluding hydrogens is 254 g/mol. The van der Waals surface area contributed by atoms with Gasteiger partial charge in [-0.2, -0.15) is 0 Å². The molecule has 100 valence electrons. The van der Waals surface area contributed by atoms with Crippen LogP contribution in [0.25, 0.3) is 0 Å². The average Bonchev–Trinajstić information content (AvgIpc) is 2.31. The summed E-state index contributed by atoms with van der Waals surface area (Å²) >= 11 is 6.34. The topological polar surface area (TPSA) is 53.7 Å². The van der Waals surface area contributed by atoms with Crippen LogP contribution >= 0.6 is 11.6 Å². The summed E-state index contributed by atoms with van der Waals surface area (Å²) in [5, 5.41) is 0.542. The van der Waals surface area contributed by atoms with Gasteiger partial charge in [0, 0.05) is 17.2 Å². The molecule has 0 atom stereocenters. The highest BCUT2D eigenvalue weighted by Gasteiger charge is 2.26. The first-order valence-corrected chi connectivity index (χ1v) is 6.24. The predicted molar refractivity (Wildman–Crippen MR) is 71.0 cm³/mol. The first-order valence-electron chi connectivity index (χ1n) is 5.86. The fourth-order valence-electron chi connectivity index (χ4n) is 1.97. The molecule has 0 fully saturated rings. The van der Waals surface area contributed by atoms with Crippen LogP contribution in [0.3, 0.4) is 0 Å². The maximum atomic E-state index is 6.34. The van der Waals surface area contributed by atoms with Crippen molar-refractivity contribution in [2.75, 3.05) is 20.3 Å². The Morgan fingerprint density at radius 3 is 2.67 bits per heavy atom. The number of ether oxygens (including phenoxy) is 3. The van der Waals surface area contributed by atoms with Crippen molar-refractivity contribution in [2.45, 2.75) is 25.8 Å². The lowest BCUT2D eigenvalue weighted by atomic mass is 9.95. The van der Waals surface area contributed by atoms with Gasteiger partial charge in [-0.25, -0.2) is 0 Å². The second-order valence-corrected chi connectivity index (χ2v) is 5.44. The number of benzene rings is 1. The van der Waals surface area contributed by atoms with Gasteiger partial charge in [0.25, 0.3) is 0 Å². The van der Waals surface area contributed by atoms with Crippen LogP contribution in [-0.4, -0.2) is 25.9 Å². The second kappa shape index (κ2) is 4.86. The Morgan fingerprint density at radius 1 is 1.39 bits per heavy atom. The first kappa shape index (κ1) is 13.3. The number of fused-ring (bicyclic) bond motifs is 1. The highest BCUT2D eigenvalue weighted by molar-refractivity contribution is 6.33. The standard InChI is InChI=1S/C13H18ClNO3/c1-13(2,15)7-8-11(14)9(16-3)6-10-12(8)18-5-4-17-10/h6H,4-5,7,15H2,1-3H3. The Balaban J connectivity index is 2.53. The molecule has 1 aliphatic rings. The number of nitrogens with two attached hydrogens (primary N) is 1. The molecule has 2 rings (SSSR count). The molecule has 0 aliphatic carbocycles. The van der Waals surface area contributed by atoms with E-state index in [1.54, 1.807) is 13.2 Å². The lowest BCUT2D eigenvalue weighted by Crippen LogP contribution is -2.35. The van der Waals surface area contributed by atoms with Gasteiger partial charge in [-0.3, -0.25) is 0 Å². The van der Waals surface area contributed by atoms with E-state index >= 15 is 0 Å². The van der Waals surface area contributed by atoms with Crippen molar-refractivity contribution < 1.29 is 14.2 Å². The summed E-state index contributed by atoms with van der Waals surface area (Å²) in [4.78, 5) is 0. The molecule has 1 aromatic rings. The molecule has 5 heteroatoms. The lowest BCUT2D eigenvalue weighted by molar-refractivity contribution is 0.168. The van der Waals surface area contributed by atoms with E-state index in [2.05, 4.69) is 0 Å². The molecule has 0 bridgehead atoms. The fourth-order valence-corrected chi connectivity index (χ4v) is 2.25. The van der Waals surface area contributed by atoms with Gasteiger partial charge < -0.3 is 19.9 Å². The van der Waals surface area contributed by atoms with E-state index in [9.17, 15) is 0 Å². The predicted octanol–water partition coefficient (Wildman–Crippen LogP) is 2.40. The Hall–Kier alpha value is -1.13. The Labute approximate surface area is 112 Å². The maximum Gasteiger partial charge on any atom is 0.166 e. The molecule has 1 heterocycles. The molecule has 1 aliphatic heterocycles. The van der Waals surface area contributed by atoms with Crippen molar-refractivity contribution in [1.82, 2.24) is 0 Å². The van der Waals surface area contributed by atoms with Gasteiger partial charge in [-0.1, -0.05) is 11.6 Å². The minimum absolute atomic E-state index is 0.384. The van der Waals surface area contributed by atoms with Crippen molar-refractivity contribution in [2.24, 2.45) is 5.73 Å². The molecule has 4 nitrogen and oxygen atoms in total. The third-order valence-electron chi connectivity index (χ3n) is 2.68. The normalized spacial score (nSPS) is 14.5. The van der Waals surface area contributed by atoms with Crippen LogP contribution in [0.15, 0.2) is 6.07 Å². The summed E-state index contributed by atoms with van der Waals surface area (Å²) in [7, 11) is 1.58. The van der Waals surface area contributed by atoms with E-state index in [0.29, 0.717) is 41.9 Å². The van der Waals surface area contributed by atoms with Crippen LogP contribution < -0.4 is 19.9 Å². The molecular formula is C13H18ClNO3. The Morgan fingerprint density at radius 2 is 2.06 bits per heavy atom. The van der Waals surface area contributed by atoms with E-state index in [1.807, 2.05) is 13.8 Å². The van der Waals surface area contributed by atoms with Crippen LogP contribution in [0.4, 0.5) is 0 Å². The van der Waals surface area contributed by atoms with Gasteiger partial charge in [0.15, 0.2) is 11.5 Å². The number of halogens is 1. The average molecular weight is 272 g/mol. The van der Waals surface area contributed by atoms with Crippen LogP contribution in [0.2, 0.25) is 5.02 Å². The molecule has 18 heavy (non-hydrogen) atoms. The van der Waals surface area contributed by atoms with E-state index < -0.39 is 0 Å². The minimum Gasteiger partial charge on any atom is -0.495 e. The van der Waals surface area contributed by atoms with Crippen LogP contribution in [-0.2, 0) is 6.42 Å². The highest BCUT2D eigenvalue weighted by atomic mass is 35.5. The van der Waals surface area contributed by atoms with Gasteiger partial charge in [-0.05, 0) is 20.3 Å². The monoisotopic (exact) mass is 271 g/mol. The molecule has 0 radical (unpaired) electrons. The summed E-state index contributed by atoms with van der Waals surface area (Å²) in [6.45, 7) is 4.94. The zero-order valence-electron chi connectivity index (χ0n) is 10.9. The fraction of sp³-hybridized carbons (Fsp3) is 0.538. The van der Waals surface area contributed by atoms with Crippen molar-refractivity contribution in [1.29, 1.82) is 0 Å². The van der Waals surface area contributed by atoms with E-state index in [-0.39, 0.29) is 5.54 Å². The third-order valence-corrected chi connectivity index (χ3v) is 3.10.